The number of nitrogens with zero attached hydrogens (tertiary/aromatic N) is 5. The summed E-state index contributed by atoms with van der Waals surface area (Å²) in [5, 5.41) is 5.43. The average Bonchev–Trinajstić information content (AvgIpc) is 3.32. The molecule has 138 valence electrons. The molecule has 0 spiro atoms. The van der Waals surface area contributed by atoms with Gasteiger partial charge < -0.3 is 4.74 Å². The van der Waals surface area contributed by atoms with E-state index in [1.165, 1.54) is 10.9 Å². The number of aromatic nitrogens is 5. The maximum absolute atomic E-state index is 6.07. The molecule has 28 heavy (non-hydrogen) atoms. The molecule has 7 heteroatoms. The van der Waals surface area contributed by atoms with E-state index in [0.717, 1.165) is 43.9 Å². The van der Waals surface area contributed by atoms with Gasteiger partial charge in [-0.25, -0.2) is 19.5 Å². The summed E-state index contributed by atoms with van der Waals surface area (Å²) in [6, 6.07) is 10.3. The van der Waals surface area contributed by atoms with Crippen molar-refractivity contribution in [3.8, 4) is 11.3 Å². The minimum absolute atomic E-state index is 0.219. The van der Waals surface area contributed by atoms with E-state index in [0.29, 0.717) is 6.61 Å². The quantitative estimate of drug-likeness (QED) is 0.426. The number of pyridine rings is 1. The molecule has 5 heterocycles. The predicted molar refractivity (Wildman–Crippen MR) is 109 cm³/mol. The molecule has 0 saturated carbocycles. The lowest BCUT2D eigenvalue weighted by Gasteiger charge is -2.32. The zero-order valence-corrected chi connectivity index (χ0v) is 16.3. The molecule has 0 fully saturated rings. The van der Waals surface area contributed by atoms with E-state index >= 15 is 0 Å². The van der Waals surface area contributed by atoms with Crippen LogP contribution in [0.2, 0.25) is 0 Å². The molecule has 4 aromatic heterocycles. The second kappa shape index (κ2) is 5.56. The van der Waals surface area contributed by atoms with Gasteiger partial charge in [0.1, 0.15) is 12.7 Å². The Bertz CT molecular complexity index is 1370. The Morgan fingerprint density at radius 1 is 1.11 bits per heavy atom. The molecule has 6 nitrogen and oxygen atoms in total. The zero-order valence-electron chi connectivity index (χ0n) is 15.5. The van der Waals surface area contributed by atoms with Crippen molar-refractivity contribution in [3.63, 3.8) is 0 Å². The van der Waals surface area contributed by atoms with Crippen LogP contribution in [0.5, 0.6) is 0 Å². The van der Waals surface area contributed by atoms with Gasteiger partial charge in [0.05, 0.1) is 38.5 Å². The van der Waals surface area contributed by atoms with Crippen molar-refractivity contribution in [2.45, 2.75) is 32.5 Å². The third-order valence-corrected chi connectivity index (χ3v) is 6.50. The van der Waals surface area contributed by atoms with E-state index < -0.39 is 0 Å². The molecule has 1 aromatic carbocycles. The van der Waals surface area contributed by atoms with Gasteiger partial charge in [-0.05, 0) is 19.4 Å². The van der Waals surface area contributed by atoms with Gasteiger partial charge in [-0.3, -0.25) is 0 Å². The number of hydrogen-bond donors (Lipinski definition) is 0. The molecule has 0 saturated heterocycles. The molecule has 0 radical (unpaired) electrons. The van der Waals surface area contributed by atoms with Crippen LogP contribution in [-0.4, -0.2) is 30.2 Å². The van der Waals surface area contributed by atoms with Gasteiger partial charge in [0.25, 0.3) is 0 Å². The number of ether oxygens (including phenoxy) is 1. The van der Waals surface area contributed by atoms with E-state index in [4.69, 9.17) is 14.7 Å². The lowest BCUT2D eigenvalue weighted by molar-refractivity contribution is -0.0414. The lowest BCUT2D eigenvalue weighted by Crippen LogP contribution is -2.32. The van der Waals surface area contributed by atoms with Crippen LogP contribution in [0.1, 0.15) is 25.1 Å². The highest BCUT2D eigenvalue weighted by Gasteiger charge is 2.31. The lowest BCUT2D eigenvalue weighted by atomic mass is 9.91. The van der Waals surface area contributed by atoms with Crippen molar-refractivity contribution in [2.75, 3.05) is 0 Å². The summed E-state index contributed by atoms with van der Waals surface area (Å²) in [6.07, 6.45) is 4.13. The molecular formula is C21H17N5OS. The molecule has 0 bridgehead atoms. The molecule has 0 N–H and O–H groups in total. The first-order valence-electron chi connectivity index (χ1n) is 9.22. The smallest absolute Gasteiger partial charge is 0.176 e. The topological polar surface area (TPSA) is 65.2 Å². The molecule has 0 atom stereocenters. The standard InChI is InChI=1S/C21H17N5OS/c1-21(2)8-13-14(9-27-21)25-16(12-6-4-3-5-7-12)18-15(13)17-19(28-18)20-22-10-24-26(20)11-23-17/h3-7,10-11H,8-9H2,1-2H3. The fourth-order valence-electron chi connectivity index (χ4n) is 3.99. The molecule has 0 aliphatic carbocycles. The van der Waals surface area contributed by atoms with Crippen molar-refractivity contribution < 1.29 is 4.74 Å². The van der Waals surface area contributed by atoms with Gasteiger partial charge in [-0.15, -0.1) is 11.3 Å². The first kappa shape index (κ1) is 16.1. The minimum Gasteiger partial charge on any atom is -0.369 e. The molecule has 6 rings (SSSR count). The van der Waals surface area contributed by atoms with Crippen molar-refractivity contribution >= 4 is 37.3 Å². The summed E-state index contributed by atoms with van der Waals surface area (Å²) >= 11 is 1.70. The Balaban J connectivity index is 1.80. The van der Waals surface area contributed by atoms with Crippen LogP contribution in [0.3, 0.4) is 0 Å². The van der Waals surface area contributed by atoms with Crippen LogP contribution >= 0.6 is 11.3 Å². The molecule has 5 aromatic rings. The number of hydrogen-bond acceptors (Lipinski definition) is 6. The van der Waals surface area contributed by atoms with Crippen molar-refractivity contribution in [2.24, 2.45) is 0 Å². The van der Waals surface area contributed by atoms with Crippen LogP contribution in [0, 0.1) is 0 Å². The maximum atomic E-state index is 6.07. The predicted octanol–water partition coefficient (Wildman–Crippen LogP) is 4.41. The Hall–Kier alpha value is -2.90. The van der Waals surface area contributed by atoms with Crippen molar-refractivity contribution in [1.29, 1.82) is 0 Å². The fourth-order valence-corrected chi connectivity index (χ4v) is 5.27. The van der Waals surface area contributed by atoms with E-state index in [1.54, 1.807) is 28.5 Å². The molecule has 0 amide bonds. The van der Waals surface area contributed by atoms with E-state index in [9.17, 15) is 0 Å². The second-order valence-corrected chi connectivity index (χ2v) is 8.75. The van der Waals surface area contributed by atoms with Crippen LogP contribution in [0.4, 0.5) is 0 Å². The Morgan fingerprint density at radius 2 is 1.96 bits per heavy atom. The number of fused-ring (bicyclic) bond motifs is 7. The van der Waals surface area contributed by atoms with E-state index in [2.05, 4.69) is 36.1 Å². The number of thiophene rings is 1. The molecule has 1 aliphatic rings. The fraction of sp³-hybridized carbons (Fsp3) is 0.238. The average molecular weight is 387 g/mol. The van der Waals surface area contributed by atoms with E-state index in [1.807, 2.05) is 18.2 Å². The van der Waals surface area contributed by atoms with Gasteiger partial charge in [-0.1, -0.05) is 30.3 Å². The number of benzene rings is 1. The molecule has 1 aliphatic heterocycles. The zero-order chi connectivity index (χ0) is 18.9. The summed E-state index contributed by atoms with van der Waals surface area (Å²) < 4.78 is 10.0. The highest BCUT2D eigenvalue weighted by Crippen LogP contribution is 2.44. The van der Waals surface area contributed by atoms with Gasteiger partial charge in [0.15, 0.2) is 5.65 Å². The third-order valence-electron chi connectivity index (χ3n) is 5.32. The van der Waals surface area contributed by atoms with Crippen LogP contribution in [-0.2, 0) is 17.8 Å². The highest BCUT2D eigenvalue weighted by atomic mass is 32.1. The molecular weight excluding hydrogens is 370 g/mol. The summed E-state index contributed by atoms with van der Waals surface area (Å²) in [4.78, 5) is 14.3. The first-order chi connectivity index (χ1) is 13.6. The highest BCUT2D eigenvalue weighted by molar-refractivity contribution is 7.27. The van der Waals surface area contributed by atoms with Crippen LogP contribution in [0.25, 0.3) is 37.2 Å². The Labute approximate surface area is 164 Å². The normalized spacial score (nSPS) is 16.1. The first-order valence-corrected chi connectivity index (χ1v) is 10.0. The summed E-state index contributed by atoms with van der Waals surface area (Å²) in [5.74, 6) is 0. The Morgan fingerprint density at radius 3 is 2.82 bits per heavy atom. The summed E-state index contributed by atoms with van der Waals surface area (Å²) in [6.45, 7) is 4.78. The third kappa shape index (κ3) is 2.23. The number of rotatable bonds is 1. The van der Waals surface area contributed by atoms with Gasteiger partial charge in [0.2, 0.25) is 0 Å². The maximum Gasteiger partial charge on any atom is 0.176 e. The largest absolute Gasteiger partial charge is 0.369 e. The monoisotopic (exact) mass is 387 g/mol. The summed E-state index contributed by atoms with van der Waals surface area (Å²) in [5.41, 5.74) is 5.94. The molecule has 0 unspecified atom stereocenters. The van der Waals surface area contributed by atoms with Crippen LogP contribution in [0.15, 0.2) is 43.0 Å². The minimum atomic E-state index is -0.219. The van der Waals surface area contributed by atoms with Crippen molar-refractivity contribution in [1.82, 2.24) is 24.6 Å². The van der Waals surface area contributed by atoms with Gasteiger partial charge >= 0.3 is 0 Å². The second-order valence-electron chi connectivity index (χ2n) is 7.73. The van der Waals surface area contributed by atoms with Crippen molar-refractivity contribution in [3.05, 3.63) is 54.2 Å². The Kier molecular flexibility index (Phi) is 3.19. The summed E-state index contributed by atoms with van der Waals surface area (Å²) in [7, 11) is 0. The van der Waals surface area contributed by atoms with Gasteiger partial charge in [0, 0.05) is 17.4 Å². The van der Waals surface area contributed by atoms with Gasteiger partial charge in [-0.2, -0.15) is 5.10 Å². The SMILES string of the molecule is CC1(C)Cc2c(nc(-c3ccccc3)c3sc4c(ncn5ncnc45)c23)CO1. The van der Waals surface area contributed by atoms with E-state index in [-0.39, 0.29) is 5.60 Å². The van der Waals surface area contributed by atoms with Crippen LogP contribution < -0.4 is 0 Å².